The van der Waals surface area contributed by atoms with Gasteiger partial charge in [0.1, 0.15) is 11.5 Å². The Kier molecular flexibility index (Phi) is 3.88. The molecule has 0 aliphatic carbocycles. The van der Waals surface area contributed by atoms with Crippen LogP contribution in [0, 0.1) is 3.57 Å². The van der Waals surface area contributed by atoms with Crippen molar-refractivity contribution in [3.8, 4) is 11.5 Å². The molecule has 0 heterocycles. The summed E-state index contributed by atoms with van der Waals surface area (Å²) in [7, 11) is 0. The molecule has 0 aliphatic heterocycles. The van der Waals surface area contributed by atoms with Crippen molar-refractivity contribution in [2.24, 2.45) is 0 Å². The number of halogens is 4. The molecule has 2 rings (SSSR count). The minimum Gasteiger partial charge on any atom is -0.456 e. The topological polar surface area (TPSA) is 35.2 Å². The second-order valence-electron chi connectivity index (χ2n) is 3.78. The van der Waals surface area contributed by atoms with E-state index in [1.165, 1.54) is 12.1 Å². The summed E-state index contributed by atoms with van der Waals surface area (Å²) in [5.74, 6) is 0.603. The largest absolute Gasteiger partial charge is 0.456 e. The second kappa shape index (κ2) is 5.28. The molecule has 0 aromatic heterocycles. The Labute approximate surface area is 121 Å². The first-order valence-corrected chi connectivity index (χ1v) is 6.35. The lowest BCUT2D eigenvalue weighted by atomic mass is 10.1. The molecule has 2 nitrogen and oxygen atoms in total. The molecule has 0 bridgehead atoms. The van der Waals surface area contributed by atoms with Gasteiger partial charge in [-0.05, 0) is 52.9 Å². The summed E-state index contributed by atoms with van der Waals surface area (Å²) >= 11 is 2.05. The number of alkyl halides is 3. The number of nitrogen functional groups attached to an aromatic ring is 1. The summed E-state index contributed by atoms with van der Waals surface area (Å²) in [6.45, 7) is 0. The van der Waals surface area contributed by atoms with E-state index in [9.17, 15) is 13.2 Å². The highest BCUT2D eigenvalue weighted by molar-refractivity contribution is 14.1. The fraction of sp³-hybridized carbons (Fsp3) is 0.0769. The second-order valence-corrected chi connectivity index (χ2v) is 4.94. The molecule has 19 heavy (non-hydrogen) atoms. The van der Waals surface area contributed by atoms with Gasteiger partial charge >= 0.3 is 6.18 Å². The third-order valence-electron chi connectivity index (χ3n) is 2.39. The zero-order valence-corrected chi connectivity index (χ0v) is 11.7. The number of hydrogen-bond acceptors (Lipinski definition) is 2. The van der Waals surface area contributed by atoms with Gasteiger partial charge in [-0.15, -0.1) is 0 Å². The summed E-state index contributed by atoms with van der Waals surface area (Å²) in [5.41, 5.74) is 4.11. The van der Waals surface area contributed by atoms with Crippen LogP contribution in [0.5, 0.6) is 11.5 Å². The van der Waals surface area contributed by atoms with Crippen molar-refractivity contribution >= 4 is 28.3 Å². The number of nitrogens with two attached hydrogens (primary N) is 1. The molecular formula is C13H9F3INO. The first-order valence-electron chi connectivity index (χ1n) is 5.27. The van der Waals surface area contributed by atoms with Crippen LogP contribution in [0.3, 0.4) is 0 Å². The Morgan fingerprint density at radius 1 is 1.05 bits per heavy atom. The van der Waals surface area contributed by atoms with E-state index in [1.807, 2.05) is 28.7 Å². The van der Waals surface area contributed by atoms with Crippen molar-refractivity contribution in [2.45, 2.75) is 6.18 Å². The molecule has 2 aromatic rings. The highest BCUT2D eigenvalue weighted by atomic mass is 127. The molecule has 0 aliphatic rings. The maximum absolute atomic E-state index is 12.7. The quantitative estimate of drug-likeness (QED) is 0.607. The molecule has 0 amide bonds. The van der Waals surface area contributed by atoms with Crippen LogP contribution < -0.4 is 10.5 Å². The molecule has 100 valence electrons. The average molecular weight is 379 g/mol. The van der Waals surface area contributed by atoms with Crippen LogP contribution in [0.4, 0.5) is 18.9 Å². The maximum Gasteiger partial charge on any atom is 0.418 e. The number of hydrogen-bond donors (Lipinski definition) is 1. The summed E-state index contributed by atoms with van der Waals surface area (Å²) in [6, 6.07) is 10.6. The lowest BCUT2D eigenvalue weighted by Crippen LogP contribution is -2.08. The van der Waals surface area contributed by atoms with Crippen LogP contribution in [0.2, 0.25) is 0 Å². The predicted molar refractivity (Wildman–Crippen MR) is 75.1 cm³/mol. The van der Waals surface area contributed by atoms with Crippen molar-refractivity contribution < 1.29 is 17.9 Å². The predicted octanol–water partition coefficient (Wildman–Crippen LogP) is 4.68. The average Bonchev–Trinajstić information content (AvgIpc) is 2.33. The van der Waals surface area contributed by atoms with Crippen LogP contribution in [0.15, 0.2) is 42.5 Å². The normalized spacial score (nSPS) is 11.4. The Balaban J connectivity index is 2.35. The summed E-state index contributed by atoms with van der Waals surface area (Å²) in [6.07, 6.45) is -4.49. The van der Waals surface area contributed by atoms with E-state index < -0.39 is 11.7 Å². The van der Waals surface area contributed by atoms with Crippen LogP contribution in [-0.2, 0) is 6.18 Å². The van der Waals surface area contributed by atoms with Gasteiger partial charge in [0, 0.05) is 5.69 Å². The van der Waals surface area contributed by atoms with Crippen molar-refractivity contribution in [3.05, 3.63) is 51.6 Å². The zero-order valence-electron chi connectivity index (χ0n) is 9.54. The van der Waals surface area contributed by atoms with Crippen LogP contribution in [-0.4, -0.2) is 0 Å². The molecule has 0 spiro atoms. The van der Waals surface area contributed by atoms with Crippen LogP contribution in [0.1, 0.15) is 5.56 Å². The van der Waals surface area contributed by atoms with E-state index >= 15 is 0 Å². The fourth-order valence-corrected chi connectivity index (χ4v) is 2.00. The van der Waals surface area contributed by atoms with Crippen LogP contribution >= 0.6 is 22.6 Å². The van der Waals surface area contributed by atoms with E-state index in [0.29, 0.717) is 5.75 Å². The van der Waals surface area contributed by atoms with Gasteiger partial charge in [-0.25, -0.2) is 0 Å². The minimum absolute atomic E-state index is 0.102. The molecule has 0 radical (unpaired) electrons. The summed E-state index contributed by atoms with van der Waals surface area (Å²) in [4.78, 5) is 0. The monoisotopic (exact) mass is 379 g/mol. The van der Waals surface area contributed by atoms with E-state index in [2.05, 4.69) is 0 Å². The standard InChI is InChI=1S/C13H9F3INO/c14-13(15,16)9-7-8(5-6-11(9)18)19-12-4-2-1-3-10(12)17/h1-7H,18H2. The van der Waals surface area contributed by atoms with Gasteiger partial charge in [0.25, 0.3) is 0 Å². The molecular weight excluding hydrogens is 370 g/mol. The number of ether oxygens (including phenoxy) is 1. The molecule has 0 fully saturated rings. The molecule has 0 saturated heterocycles. The van der Waals surface area contributed by atoms with E-state index in [-0.39, 0.29) is 11.4 Å². The highest BCUT2D eigenvalue weighted by Gasteiger charge is 2.33. The number of anilines is 1. The Morgan fingerprint density at radius 2 is 1.74 bits per heavy atom. The maximum atomic E-state index is 12.7. The zero-order chi connectivity index (χ0) is 14.0. The third kappa shape index (κ3) is 3.31. The van der Waals surface area contributed by atoms with Gasteiger partial charge < -0.3 is 10.5 Å². The van der Waals surface area contributed by atoms with Gasteiger partial charge in [0.05, 0.1) is 9.13 Å². The number of rotatable bonds is 2. The first-order chi connectivity index (χ1) is 8.88. The van der Waals surface area contributed by atoms with Gasteiger partial charge in [0.2, 0.25) is 0 Å². The SMILES string of the molecule is Nc1ccc(Oc2ccccc2I)cc1C(F)(F)F. The molecule has 6 heteroatoms. The summed E-state index contributed by atoms with van der Waals surface area (Å²) in [5, 5.41) is 0. The van der Waals surface area contributed by atoms with E-state index in [0.717, 1.165) is 9.64 Å². The third-order valence-corrected chi connectivity index (χ3v) is 3.29. The Bertz CT molecular complexity index is 599. The minimum atomic E-state index is -4.49. The van der Waals surface area contributed by atoms with Gasteiger partial charge in [-0.1, -0.05) is 12.1 Å². The van der Waals surface area contributed by atoms with Crippen molar-refractivity contribution in [1.82, 2.24) is 0 Å². The van der Waals surface area contributed by atoms with E-state index in [1.54, 1.807) is 18.2 Å². The number of para-hydroxylation sites is 1. The highest BCUT2D eigenvalue weighted by Crippen LogP contribution is 2.37. The first kappa shape index (κ1) is 14.0. The lowest BCUT2D eigenvalue weighted by Gasteiger charge is -2.13. The molecule has 0 saturated carbocycles. The molecule has 0 unspecified atom stereocenters. The molecule has 2 N–H and O–H groups in total. The number of benzene rings is 2. The lowest BCUT2D eigenvalue weighted by molar-refractivity contribution is -0.137. The van der Waals surface area contributed by atoms with Gasteiger partial charge in [-0.2, -0.15) is 13.2 Å². The van der Waals surface area contributed by atoms with Crippen molar-refractivity contribution in [3.63, 3.8) is 0 Å². The Morgan fingerprint density at radius 3 is 2.37 bits per heavy atom. The molecule has 2 aromatic carbocycles. The Hall–Kier alpha value is -1.44. The van der Waals surface area contributed by atoms with Gasteiger partial charge in [0.15, 0.2) is 0 Å². The summed E-state index contributed by atoms with van der Waals surface area (Å²) < 4.78 is 44.4. The van der Waals surface area contributed by atoms with Crippen LogP contribution in [0.25, 0.3) is 0 Å². The van der Waals surface area contributed by atoms with Crippen molar-refractivity contribution in [1.29, 1.82) is 0 Å². The van der Waals surface area contributed by atoms with E-state index in [4.69, 9.17) is 10.5 Å². The fourth-order valence-electron chi connectivity index (χ4n) is 1.50. The smallest absolute Gasteiger partial charge is 0.418 e. The van der Waals surface area contributed by atoms with Crippen molar-refractivity contribution in [2.75, 3.05) is 5.73 Å². The van der Waals surface area contributed by atoms with Gasteiger partial charge in [-0.3, -0.25) is 0 Å². The molecule has 0 atom stereocenters.